The van der Waals surface area contributed by atoms with Gasteiger partial charge in [0.1, 0.15) is 11.6 Å². The molecule has 1 aromatic heterocycles. The van der Waals surface area contributed by atoms with Crippen LogP contribution in [0.2, 0.25) is 0 Å². The number of amides is 1. The molecule has 5 heteroatoms. The Morgan fingerprint density at radius 3 is 2.32 bits per heavy atom. The molecule has 5 nitrogen and oxygen atoms in total. The third-order valence-electron chi connectivity index (χ3n) is 6.49. The second kappa shape index (κ2) is 13.8. The molecule has 0 saturated heterocycles. The molecule has 0 fully saturated rings. The number of benzene rings is 2. The third kappa shape index (κ3) is 7.34. The predicted octanol–water partition coefficient (Wildman–Crippen LogP) is 7.46. The number of unbranched alkanes of at least 4 members (excludes halogenated alkanes) is 9. The molecule has 0 aliphatic carbocycles. The van der Waals surface area contributed by atoms with Crippen molar-refractivity contribution in [3.05, 3.63) is 59.9 Å². The summed E-state index contributed by atoms with van der Waals surface area (Å²) in [6, 6.07) is 15.3. The van der Waals surface area contributed by atoms with Gasteiger partial charge < -0.3 is 14.6 Å². The minimum absolute atomic E-state index is 0.121. The average Bonchev–Trinajstić information content (AvgIpc) is 3.24. The molecule has 184 valence electrons. The number of fused-ring (bicyclic) bond motifs is 1. The maximum absolute atomic E-state index is 12.9. The minimum atomic E-state index is -0.200. The lowest BCUT2D eigenvalue weighted by Crippen LogP contribution is -2.28. The molecular formula is C29H41N3O2. The molecule has 0 aliphatic rings. The van der Waals surface area contributed by atoms with E-state index in [9.17, 15) is 4.79 Å². The molecule has 0 aliphatic heterocycles. The molecule has 3 aromatic rings. The van der Waals surface area contributed by atoms with Gasteiger partial charge in [-0.05, 0) is 43.7 Å². The van der Waals surface area contributed by atoms with Gasteiger partial charge in [-0.3, -0.25) is 4.79 Å². The number of rotatable bonds is 15. The van der Waals surface area contributed by atoms with Crippen LogP contribution in [0.3, 0.4) is 0 Å². The Balaban J connectivity index is 1.57. The molecule has 1 amide bonds. The summed E-state index contributed by atoms with van der Waals surface area (Å²) in [4.78, 5) is 17.7. The normalized spacial score (nSPS) is 12.1. The highest BCUT2D eigenvalue weighted by Crippen LogP contribution is 2.23. The van der Waals surface area contributed by atoms with Crippen LogP contribution in [-0.2, 0) is 6.54 Å². The summed E-state index contributed by atoms with van der Waals surface area (Å²) in [7, 11) is 1.61. The predicted molar refractivity (Wildman–Crippen MR) is 140 cm³/mol. The van der Waals surface area contributed by atoms with Gasteiger partial charge in [-0.15, -0.1) is 0 Å². The zero-order valence-corrected chi connectivity index (χ0v) is 21.2. The van der Waals surface area contributed by atoms with Crippen LogP contribution >= 0.6 is 0 Å². The number of carbonyl (C=O) groups is 1. The molecule has 34 heavy (non-hydrogen) atoms. The number of carbonyl (C=O) groups excluding carboxylic acids is 1. The highest BCUT2D eigenvalue weighted by molar-refractivity contribution is 5.94. The van der Waals surface area contributed by atoms with Gasteiger partial charge >= 0.3 is 0 Å². The van der Waals surface area contributed by atoms with Gasteiger partial charge in [0, 0.05) is 12.1 Å². The van der Waals surface area contributed by atoms with Crippen LogP contribution in [0.4, 0.5) is 0 Å². The number of nitrogens with zero attached hydrogens (tertiary/aromatic N) is 2. The smallest absolute Gasteiger partial charge is 0.251 e. The fourth-order valence-electron chi connectivity index (χ4n) is 4.53. The molecule has 0 radical (unpaired) electrons. The Bertz CT molecular complexity index is 1030. The number of aromatic nitrogens is 2. The van der Waals surface area contributed by atoms with E-state index in [1.54, 1.807) is 19.2 Å². The minimum Gasteiger partial charge on any atom is -0.497 e. The standard InChI is InChI=1S/C29H41N3O2/c1-4-5-6-7-8-9-10-11-12-15-21-32-27-20-14-13-19-26(27)31-28(32)23(2)30-29(33)24-17-16-18-25(22-24)34-3/h13-14,16-20,22-23H,4-12,15,21H2,1-3H3,(H,30,33). The van der Waals surface area contributed by atoms with Gasteiger partial charge in [0.05, 0.1) is 24.2 Å². The number of aryl methyl sites for hydroxylation is 1. The molecular weight excluding hydrogens is 422 g/mol. The Morgan fingerprint density at radius 2 is 1.62 bits per heavy atom. The van der Waals surface area contributed by atoms with E-state index in [4.69, 9.17) is 9.72 Å². The second-order valence-corrected chi connectivity index (χ2v) is 9.22. The molecule has 1 atom stereocenters. The Morgan fingerprint density at radius 1 is 0.941 bits per heavy atom. The summed E-state index contributed by atoms with van der Waals surface area (Å²) in [5.41, 5.74) is 2.70. The maximum Gasteiger partial charge on any atom is 0.251 e. The summed E-state index contributed by atoms with van der Waals surface area (Å²) in [5.74, 6) is 1.46. The average molecular weight is 464 g/mol. The van der Waals surface area contributed by atoms with E-state index in [-0.39, 0.29) is 11.9 Å². The number of para-hydroxylation sites is 2. The highest BCUT2D eigenvalue weighted by Gasteiger charge is 2.19. The zero-order valence-electron chi connectivity index (χ0n) is 21.2. The molecule has 0 saturated carbocycles. The quantitative estimate of drug-likeness (QED) is 0.238. The van der Waals surface area contributed by atoms with E-state index in [2.05, 4.69) is 28.9 Å². The van der Waals surface area contributed by atoms with Crippen molar-refractivity contribution in [1.82, 2.24) is 14.9 Å². The largest absolute Gasteiger partial charge is 0.497 e. The van der Waals surface area contributed by atoms with Crippen LogP contribution in [-0.4, -0.2) is 22.6 Å². The molecule has 2 aromatic carbocycles. The zero-order chi connectivity index (χ0) is 24.2. The Hall–Kier alpha value is -2.82. The van der Waals surface area contributed by atoms with Crippen molar-refractivity contribution in [2.45, 2.75) is 90.6 Å². The lowest BCUT2D eigenvalue weighted by molar-refractivity contribution is 0.0937. The molecule has 1 heterocycles. The van der Waals surface area contributed by atoms with Crippen LogP contribution in [0.25, 0.3) is 11.0 Å². The maximum atomic E-state index is 12.9. The highest BCUT2D eigenvalue weighted by atomic mass is 16.5. The summed E-state index contributed by atoms with van der Waals surface area (Å²) < 4.78 is 7.55. The summed E-state index contributed by atoms with van der Waals surface area (Å²) in [6.45, 7) is 5.20. The first-order valence-corrected chi connectivity index (χ1v) is 13.0. The number of methoxy groups -OCH3 is 1. The second-order valence-electron chi connectivity index (χ2n) is 9.22. The first kappa shape index (κ1) is 25.8. The van der Waals surface area contributed by atoms with Crippen molar-refractivity contribution >= 4 is 16.9 Å². The van der Waals surface area contributed by atoms with Crippen molar-refractivity contribution in [2.24, 2.45) is 0 Å². The first-order chi connectivity index (χ1) is 16.6. The Kier molecular flexibility index (Phi) is 10.5. The fourth-order valence-corrected chi connectivity index (χ4v) is 4.53. The number of nitrogens with one attached hydrogen (secondary N) is 1. The molecule has 0 bridgehead atoms. The van der Waals surface area contributed by atoms with Crippen molar-refractivity contribution < 1.29 is 9.53 Å². The molecule has 3 rings (SSSR count). The van der Waals surface area contributed by atoms with E-state index >= 15 is 0 Å². The third-order valence-corrected chi connectivity index (χ3v) is 6.49. The van der Waals surface area contributed by atoms with Crippen LogP contribution in [0, 0.1) is 0 Å². The number of hydrogen-bond donors (Lipinski definition) is 1. The van der Waals surface area contributed by atoms with Crippen molar-refractivity contribution in [3.8, 4) is 5.75 Å². The summed E-state index contributed by atoms with van der Waals surface area (Å²) in [5, 5.41) is 3.13. The number of ether oxygens (including phenoxy) is 1. The molecule has 1 unspecified atom stereocenters. The van der Waals surface area contributed by atoms with E-state index in [0.717, 1.165) is 29.8 Å². The Labute approximate surface area is 204 Å². The van der Waals surface area contributed by atoms with Crippen LogP contribution < -0.4 is 10.1 Å². The van der Waals surface area contributed by atoms with Gasteiger partial charge in [-0.25, -0.2) is 4.98 Å². The van der Waals surface area contributed by atoms with Gasteiger partial charge in [-0.1, -0.05) is 82.9 Å². The van der Waals surface area contributed by atoms with Crippen LogP contribution in [0.1, 0.15) is 100 Å². The van der Waals surface area contributed by atoms with Crippen molar-refractivity contribution in [3.63, 3.8) is 0 Å². The lowest BCUT2D eigenvalue weighted by Gasteiger charge is -2.17. The van der Waals surface area contributed by atoms with Crippen LogP contribution in [0.15, 0.2) is 48.5 Å². The van der Waals surface area contributed by atoms with E-state index in [1.807, 2.05) is 31.2 Å². The van der Waals surface area contributed by atoms with Gasteiger partial charge in [0.2, 0.25) is 0 Å². The monoisotopic (exact) mass is 463 g/mol. The van der Waals surface area contributed by atoms with Gasteiger partial charge in [0.25, 0.3) is 5.91 Å². The van der Waals surface area contributed by atoms with Crippen LogP contribution in [0.5, 0.6) is 5.75 Å². The van der Waals surface area contributed by atoms with Crippen molar-refractivity contribution in [2.75, 3.05) is 7.11 Å². The van der Waals surface area contributed by atoms with Gasteiger partial charge in [-0.2, -0.15) is 0 Å². The first-order valence-electron chi connectivity index (χ1n) is 13.0. The lowest BCUT2D eigenvalue weighted by atomic mass is 10.1. The fraction of sp³-hybridized carbons (Fsp3) is 0.517. The van der Waals surface area contributed by atoms with Crippen molar-refractivity contribution in [1.29, 1.82) is 0 Å². The molecule has 1 N–H and O–H groups in total. The number of imidazole rings is 1. The van der Waals surface area contributed by atoms with E-state index < -0.39 is 0 Å². The summed E-state index contributed by atoms with van der Waals surface area (Å²) >= 11 is 0. The van der Waals surface area contributed by atoms with Gasteiger partial charge in [0.15, 0.2) is 0 Å². The SMILES string of the molecule is CCCCCCCCCCCCn1c(C(C)NC(=O)c2cccc(OC)c2)nc2ccccc21. The topological polar surface area (TPSA) is 56.2 Å². The van der Waals surface area contributed by atoms with E-state index in [0.29, 0.717) is 11.3 Å². The number of hydrogen-bond acceptors (Lipinski definition) is 3. The van der Waals surface area contributed by atoms with E-state index in [1.165, 1.54) is 57.8 Å². The summed E-state index contributed by atoms with van der Waals surface area (Å²) in [6.07, 6.45) is 13.2. The molecule has 0 spiro atoms.